The molecule has 1 aromatic rings. The molecule has 0 amide bonds. The normalized spacial score (nSPS) is 17.5. The molecule has 0 bridgehead atoms. The van der Waals surface area contributed by atoms with Gasteiger partial charge in [0.2, 0.25) is 0 Å². The van der Waals surface area contributed by atoms with Crippen LogP contribution >= 0.6 is 0 Å². The van der Waals surface area contributed by atoms with E-state index in [4.69, 9.17) is 4.98 Å². The summed E-state index contributed by atoms with van der Waals surface area (Å²) in [4.78, 5) is 8.29. The van der Waals surface area contributed by atoms with Crippen LogP contribution in [0.5, 0.6) is 0 Å². The van der Waals surface area contributed by atoms with Crippen molar-refractivity contribution in [2.45, 2.75) is 46.0 Å². The van der Waals surface area contributed by atoms with Crippen molar-refractivity contribution in [3.8, 4) is 0 Å². The van der Waals surface area contributed by atoms with Gasteiger partial charge in [0.15, 0.2) is 0 Å². The van der Waals surface area contributed by atoms with E-state index < -0.39 is 0 Å². The van der Waals surface area contributed by atoms with Gasteiger partial charge in [-0.05, 0) is 25.4 Å². The predicted octanol–water partition coefficient (Wildman–Crippen LogP) is 2.03. The van der Waals surface area contributed by atoms with Crippen molar-refractivity contribution < 1.29 is 0 Å². The third-order valence-electron chi connectivity index (χ3n) is 3.24. The van der Waals surface area contributed by atoms with Gasteiger partial charge >= 0.3 is 0 Å². The van der Waals surface area contributed by atoms with Crippen LogP contribution in [0.2, 0.25) is 0 Å². The zero-order chi connectivity index (χ0) is 11.8. The summed E-state index contributed by atoms with van der Waals surface area (Å²) in [6, 6.07) is 0. The average molecular weight is 221 g/mol. The minimum Gasteiger partial charge on any atom is -0.346 e. The van der Waals surface area contributed by atoms with Crippen LogP contribution in [0.1, 0.15) is 44.9 Å². The zero-order valence-corrected chi connectivity index (χ0v) is 10.9. The fourth-order valence-corrected chi connectivity index (χ4v) is 2.20. The SMILES string of the molecule is CCc1[nH]c(CC2CNC2)nc1C(C)(C)C. The van der Waals surface area contributed by atoms with Gasteiger partial charge in [0, 0.05) is 17.5 Å². The van der Waals surface area contributed by atoms with Gasteiger partial charge in [-0.3, -0.25) is 0 Å². The minimum absolute atomic E-state index is 0.151. The lowest BCUT2D eigenvalue weighted by molar-refractivity contribution is 0.341. The molecule has 2 N–H and O–H groups in total. The van der Waals surface area contributed by atoms with E-state index in [2.05, 4.69) is 38.0 Å². The fraction of sp³-hybridized carbons (Fsp3) is 0.769. The standard InChI is InChI=1S/C13H23N3/c1-5-10-12(13(2,3)4)16-11(15-10)6-9-7-14-8-9/h9,14H,5-8H2,1-4H3,(H,15,16). The second kappa shape index (κ2) is 4.21. The lowest BCUT2D eigenvalue weighted by Gasteiger charge is -2.26. The molecule has 0 aromatic carbocycles. The second-order valence-electron chi connectivity index (χ2n) is 5.84. The topological polar surface area (TPSA) is 40.7 Å². The Morgan fingerprint density at radius 3 is 2.38 bits per heavy atom. The molecule has 1 aliphatic rings. The van der Waals surface area contributed by atoms with E-state index in [1.807, 2.05) is 0 Å². The number of hydrogen-bond acceptors (Lipinski definition) is 2. The van der Waals surface area contributed by atoms with Crippen LogP contribution in [0, 0.1) is 5.92 Å². The predicted molar refractivity (Wildman–Crippen MR) is 66.7 cm³/mol. The Labute approximate surface area is 98.1 Å². The first-order valence-electron chi connectivity index (χ1n) is 6.29. The Hall–Kier alpha value is -0.830. The third-order valence-corrected chi connectivity index (χ3v) is 3.24. The van der Waals surface area contributed by atoms with E-state index in [0.717, 1.165) is 31.8 Å². The number of rotatable bonds is 3. The minimum atomic E-state index is 0.151. The zero-order valence-electron chi connectivity index (χ0n) is 10.9. The Morgan fingerprint density at radius 2 is 2.00 bits per heavy atom. The van der Waals surface area contributed by atoms with Gasteiger partial charge in [0.05, 0.1) is 5.69 Å². The van der Waals surface area contributed by atoms with Crippen molar-refractivity contribution in [1.29, 1.82) is 0 Å². The molecule has 2 heterocycles. The Balaban J connectivity index is 2.17. The van der Waals surface area contributed by atoms with Gasteiger partial charge in [-0.25, -0.2) is 4.98 Å². The maximum Gasteiger partial charge on any atom is 0.106 e. The molecule has 0 atom stereocenters. The number of aromatic nitrogens is 2. The molecule has 3 heteroatoms. The van der Waals surface area contributed by atoms with Gasteiger partial charge in [0.1, 0.15) is 5.82 Å². The highest BCUT2D eigenvalue weighted by Crippen LogP contribution is 2.25. The van der Waals surface area contributed by atoms with Crippen molar-refractivity contribution in [2.75, 3.05) is 13.1 Å². The Bertz CT molecular complexity index is 356. The fourth-order valence-electron chi connectivity index (χ4n) is 2.20. The van der Waals surface area contributed by atoms with Crippen molar-refractivity contribution in [1.82, 2.24) is 15.3 Å². The molecule has 0 aliphatic carbocycles. The van der Waals surface area contributed by atoms with Crippen molar-refractivity contribution in [3.63, 3.8) is 0 Å². The van der Waals surface area contributed by atoms with E-state index in [1.165, 1.54) is 17.2 Å². The highest BCUT2D eigenvalue weighted by molar-refractivity contribution is 5.22. The highest BCUT2D eigenvalue weighted by Gasteiger charge is 2.24. The lowest BCUT2D eigenvalue weighted by atomic mass is 9.90. The second-order valence-corrected chi connectivity index (χ2v) is 5.84. The smallest absolute Gasteiger partial charge is 0.106 e. The number of imidazole rings is 1. The van der Waals surface area contributed by atoms with Crippen LogP contribution in [0.15, 0.2) is 0 Å². The van der Waals surface area contributed by atoms with Crippen LogP contribution < -0.4 is 5.32 Å². The van der Waals surface area contributed by atoms with E-state index >= 15 is 0 Å². The maximum absolute atomic E-state index is 4.79. The van der Waals surface area contributed by atoms with Crippen LogP contribution in [-0.4, -0.2) is 23.1 Å². The molecule has 0 saturated carbocycles. The summed E-state index contributed by atoms with van der Waals surface area (Å²) in [5, 5.41) is 3.31. The van der Waals surface area contributed by atoms with Gasteiger partial charge in [-0.15, -0.1) is 0 Å². The summed E-state index contributed by atoms with van der Waals surface area (Å²) in [5.74, 6) is 1.96. The number of aryl methyl sites for hydroxylation is 1. The van der Waals surface area contributed by atoms with Crippen LogP contribution in [0.4, 0.5) is 0 Å². The van der Waals surface area contributed by atoms with Crippen molar-refractivity contribution in [2.24, 2.45) is 5.92 Å². The van der Waals surface area contributed by atoms with E-state index in [0.29, 0.717) is 0 Å². The molecule has 0 unspecified atom stereocenters. The maximum atomic E-state index is 4.79. The summed E-state index contributed by atoms with van der Waals surface area (Å²) in [6.45, 7) is 11.2. The van der Waals surface area contributed by atoms with Crippen molar-refractivity contribution in [3.05, 3.63) is 17.2 Å². The molecule has 90 valence electrons. The largest absolute Gasteiger partial charge is 0.346 e. The van der Waals surface area contributed by atoms with Crippen LogP contribution in [-0.2, 0) is 18.3 Å². The molecular weight excluding hydrogens is 198 g/mol. The summed E-state index contributed by atoms with van der Waals surface area (Å²) < 4.78 is 0. The summed E-state index contributed by atoms with van der Waals surface area (Å²) >= 11 is 0. The molecule has 16 heavy (non-hydrogen) atoms. The third kappa shape index (κ3) is 2.29. The number of nitrogens with zero attached hydrogens (tertiary/aromatic N) is 1. The highest BCUT2D eigenvalue weighted by atomic mass is 15.0. The first kappa shape index (κ1) is 11.6. The van der Waals surface area contributed by atoms with Crippen LogP contribution in [0.3, 0.4) is 0 Å². The first-order chi connectivity index (χ1) is 7.50. The average Bonchev–Trinajstić information content (AvgIpc) is 2.54. The number of aromatic amines is 1. The molecule has 1 aliphatic heterocycles. The molecule has 1 aromatic heterocycles. The molecular formula is C13H23N3. The summed E-state index contributed by atoms with van der Waals surface area (Å²) in [7, 11) is 0. The number of hydrogen-bond donors (Lipinski definition) is 2. The van der Waals surface area contributed by atoms with E-state index in [9.17, 15) is 0 Å². The monoisotopic (exact) mass is 221 g/mol. The number of H-pyrrole nitrogens is 1. The van der Waals surface area contributed by atoms with E-state index in [1.54, 1.807) is 0 Å². The molecule has 0 radical (unpaired) electrons. The lowest BCUT2D eigenvalue weighted by Crippen LogP contribution is -2.43. The molecule has 1 fully saturated rings. The number of nitrogens with one attached hydrogen (secondary N) is 2. The Kier molecular flexibility index (Phi) is 3.06. The Morgan fingerprint density at radius 1 is 1.31 bits per heavy atom. The van der Waals surface area contributed by atoms with Crippen molar-refractivity contribution >= 4 is 0 Å². The van der Waals surface area contributed by atoms with Gasteiger partial charge in [-0.2, -0.15) is 0 Å². The molecule has 1 saturated heterocycles. The first-order valence-corrected chi connectivity index (χ1v) is 6.29. The summed E-state index contributed by atoms with van der Waals surface area (Å²) in [5.41, 5.74) is 2.71. The molecule has 2 rings (SSSR count). The molecule has 3 nitrogen and oxygen atoms in total. The van der Waals surface area contributed by atoms with Crippen LogP contribution in [0.25, 0.3) is 0 Å². The van der Waals surface area contributed by atoms with E-state index in [-0.39, 0.29) is 5.41 Å². The van der Waals surface area contributed by atoms with Gasteiger partial charge < -0.3 is 10.3 Å². The van der Waals surface area contributed by atoms with Gasteiger partial charge in [-0.1, -0.05) is 27.7 Å². The quantitative estimate of drug-likeness (QED) is 0.820. The molecule has 0 spiro atoms. The summed E-state index contributed by atoms with van der Waals surface area (Å²) in [6.07, 6.45) is 2.14. The van der Waals surface area contributed by atoms with Gasteiger partial charge in [0.25, 0.3) is 0 Å².